The quantitative estimate of drug-likeness (QED) is 0.223. The first kappa shape index (κ1) is 26.2. The molecule has 0 N–H and O–H groups in total. The third-order valence-electron chi connectivity index (χ3n) is 8.60. The maximum absolute atomic E-state index is 13.3. The van der Waals surface area contributed by atoms with Gasteiger partial charge in [0.2, 0.25) is 0 Å². The second kappa shape index (κ2) is 11.6. The van der Waals surface area contributed by atoms with E-state index in [1.54, 1.807) is 0 Å². The molecule has 7 rings (SSSR count). The van der Waals surface area contributed by atoms with Gasteiger partial charge in [-0.1, -0.05) is 47.7 Å². The molecule has 40 heavy (non-hydrogen) atoms. The molecule has 6 nitrogen and oxygen atoms in total. The molecule has 2 unspecified atom stereocenters. The summed E-state index contributed by atoms with van der Waals surface area (Å²) in [4.78, 5) is 14.5. The third-order valence-corrected chi connectivity index (χ3v) is 10.9. The molecule has 0 aliphatic carbocycles. The van der Waals surface area contributed by atoms with Crippen LogP contribution >= 0.6 is 23.3 Å². The molecule has 9 heteroatoms. The lowest BCUT2D eigenvalue weighted by Gasteiger charge is -2.37. The summed E-state index contributed by atoms with van der Waals surface area (Å²) >= 11 is 3.72. The van der Waals surface area contributed by atoms with E-state index in [1.165, 1.54) is 58.4 Å². The van der Waals surface area contributed by atoms with Crippen LogP contribution in [-0.2, 0) is 13.0 Å². The van der Waals surface area contributed by atoms with Crippen molar-refractivity contribution < 1.29 is 4.39 Å². The number of benzene rings is 2. The minimum atomic E-state index is -0.193. The zero-order chi connectivity index (χ0) is 26.9. The zero-order valence-electron chi connectivity index (χ0n) is 22.7. The number of fused-ring (bicyclic) bond motifs is 1. The van der Waals surface area contributed by atoms with Crippen LogP contribution in [0.15, 0.2) is 71.5 Å². The van der Waals surface area contributed by atoms with Crippen LogP contribution in [0.5, 0.6) is 0 Å². The second-order valence-corrected chi connectivity index (χ2v) is 13.4. The van der Waals surface area contributed by atoms with Gasteiger partial charge in [0.1, 0.15) is 5.82 Å². The van der Waals surface area contributed by atoms with E-state index in [1.807, 2.05) is 47.9 Å². The first-order valence-electron chi connectivity index (χ1n) is 14.4. The Kier molecular flexibility index (Phi) is 7.62. The third kappa shape index (κ3) is 5.44. The van der Waals surface area contributed by atoms with Crippen LogP contribution in [0.25, 0.3) is 11.3 Å². The molecule has 0 bridgehead atoms. The van der Waals surface area contributed by atoms with Gasteiger partial charge in [0.25, 0.3) is 0 Å². The van der Waals surface area contributed by atoms with E-state index in [0.29, 0.717) is 12.1 Å². The Bertz CT molecular complexity index is 1440. The number of aryl methyl sites for hydroxylation is 2. The van der Waals surface area contributed by atoms with Gasteiger partial charge in [0.15, 0.2) is 5.13 Å². The van der Waals surface area contributed by atoms with Gasteiger partial charge in [0.05, 0.1) is 28.6 Å². The van der Waals surface area contributed by atoms with Crippen molar-refractivity contribution in [3.05, 3.63) is 84.2 Å². The second-order valence-electron chi connectivity index (χ2n) is 11.1. The summed E-state index contributed by atoms with van der Waals surface area (Å²) in [7, 11) is 0. The number of hydrogen-bond acceptors (Lipinski definition) is 7. The van der Waals surface area contributed by atoms with Crippen LogP contribution in [0.4, 0.5) is 9.52 Å². The fraction of sp³-hybridized carbons (Fsp3) is 0.419. The van der Waals surface area contributed by atoms with Crippen molar-refractivity contribution in [3.8, 4) is 11.3 Å². The molecule has 0 spiro atoms. The highest BCUT2D eigenvalue weighted by atomic mass is 32.2. The van der Waals surface area contributed by atoms with Crippen molar-refractivity contribution in [1.82, 2.24) is 23.7 Å². The van der Waals surface area contributed by atoms with Crippen LogP contribution in [-0.4, -0.2) is 62.5 Å². The van der Waals surface area contributed by atoms with Gasteiger partial charge in [-0.3, -0.25) is 4.90 Å². The minimum Gasteiger partial charge on any atom is -0.345 e. The van der Waals surface area contributed by atoms with E-state index >= 15 is 0 Å². The van der Waals surface area contributed by atoms with Gasteiger partial charge in [-0.05, 0) is 73.9 Å². The Labute approximate surface area is 244 Å². The largest absolute Gasteiger partial charge is 0.345 e. The Balaban J connectivity index is 1.06. The van der Waals surface area contributed by atoms with Crippen LogP contribution < -0.4 is 4.90 Å². The van der Waals surface area contributed by atoms with Crippen molar-refractivity contribution in [2.24, 2.45) is 0 Å². The highest BCUT2D eigenvalue weighted by Gasteiger charge is 2.33. The Morgan fingerprint density at radius 1 is 0.950 bits per heavy atom. The lowest BCUT2D eigenvalue weighted by Crippen LogP contribution is -2.50. The van der Waals surface area contributed by atoms with E-state index in [0.717, 1.165) is 56.8 Å². The molecule has 3 saturated heterocycles. The van der Waals surface area contributed by atoms with E-state index in [2.05, 4.69) is 54.1 Å². The van der Waals surface area contributed by atoms with Crippen molar-refractivity contribution in [2.75, 3.05) is 37.6 Å². The molecule has 2 aromatic carbocycles. The highest BCUT2D eigenvalue weighted by molar-refractivity contribution is 7.99. The Hall–Kier alpha value is -2.72. The number of hydrogen-bond donors (Lipinski definition) is 0. The van der Waals surface area contributed by atoms with Crippen LogP contribution in [0.2, 0.25) is 0 Å². The van der Waals surface area contributed by atoms with Crippen molar-refractivity contribution in [1.29, 1.82) is 0 Å². The molecular weight excluding hydrogens is 540 g/mol. The lowest BCUT2D eigenvalue weighted by atomic mass is 9.97. The van der Waals surface area contributed by atoms with E-state index in [-0.39, 0.29) is 5.82 Å². The molecule has 5 heterocycles. The van der Waals surface area contributed by atoms with E-state index in [4.69, 9.17) is 4.98 Å². The first-order valence-corrected chi connectivity index (χ1v) is 16.0. The maximum Gasteiger partial charge on any atom is 0.186 e. The first-order chi connectivity index (χ1) is 19.7. The summed E-state index contributed by atoms with van der Waals surface area (Å²) in [5, 5.41) is 1.18. The average Bonchev–Trinajstić information content (AvgIpc) is 3.80. The van der Waals surface area contributed by atoms with Gasteiger partial charge >= 0.3 is 0 Å². The zero-order valence-corrected chi connectivity index (χ0v) is 24.3. The summed E-state index contributed by atoms with van der Waals surface area (Å²) in [6.45, 7) is 6.51. The van der Waals surface area contributed by atoms with E-state index in [9.17, 15) is 4.39 Å². The number of rotatable bonds is 8. The van der Waals surface area contributed by atoms with Gasteiger partial charge in [-0.25, -0.2) is 18.7 Å². The summed E-state index contributed by atoms with van der Waals surface area (Å²) < 4.78 is 19.4. The van der Waals surface area contributed by atoms with E-state index < -0.39 is 0 Å². The molecule has 0 radical (unpaired) electrons. The van der Waals surface area contributed by atoms with Gasteiger partial charge in [0, 0.05) is 50.4 Å². The standard InChI is InChI=1S/C31H35FN6S2/c32-24-11-9-23(10-12-24)13-16-37-22-33-19-29(37)27-7-2-1-6-26(27)28-8-4-15-38(28)40-30-20-34-31(39-30)36-18-17-35-14-3-5-25(35)21-36/h1-2,6-7,9-12,19-20,22,25,28H,3-5,8,13-18,21H2. The molecule has 0 saturated carbocycles. The lowest BCUT2D eigenvalue weighted by molar-refractivity contribution is 0.231. The molecule has 4 aromatic rings. The normalized spacial score (nSPS) is 21.8. The van der Waals surface area contributed by atoms with Crippen molar-refractivity contribution >= 4 is 28.4 Å². The molecule has 3 fully saturated rings. The van der Waals surface area contributed by atoms with Crippen LogP contribution in [0.3, 0.4) is 0 Å². The molecule has 3 aliphatic rings. The average molecular weight is 575 g/mol. The van der Waals surface area contributed by atoms with Gasteiger partial charge in [-0.15, -0.1) is 0 Å². The number of halogens is 1. The number of thiazole rings is 1. The molecule has 2 aromatic heterocycles. The topological polar surface area (TPSA) is 40.4 Å². The molecular formula is C31H35FN6S2. The molecule has 0 amide bonds. The smallest absolute Gasteiger partial charge is 0.186 e. The van der Waals surface area contributed by atoms with Crippen LogP contribution in [0.1, 0.15) is 42.9 Å². The van der Waals surface area contributed by atoms with Crippen molar-refractivity contribution in [2.45, 2.75) is 54.9 Å². The molecule has 208 valence electrons. The monoisotopic (exact) mass is 574 g/mol. The number of nitrogens with zero attached hydrogens (tertiary/aromatic N) is 6. The Morgan fingerprint density at radius 2 is 1.82 bits per heavy atom. The highest BCUT2D eigenvalue weighted by Crippen LogP contribution is 2.45. The summed E-state index contributed by atoms with van der Waals surface area (Å²) in [6, 6.07) is 16.7. The predicted octanol–water partition coefficient (Wildman–Crippen LogP) is 6.52. The summed E-state index contributed by atoms with van der Waals surface area (Å²) in [5.41, 5.74) is 4.87. The molecule has 3 aliphatic heterocycles. The number of anilines is 1. The summed E-state index contributed by atoms with van der Waals surface area (Å²) in [5.74, 6) is -0.193. The fourth-order valence-corrected chi connectivity index (χ4v) is 8.77. The molecule has 2 atom stereocenters. The number of aromatic nitrogens is 3. The fourth-order valence-electron chi connectivity index (χ4n) is 6.52. The number of imidazole rings is 1. The van der Waals surface area contributed by atoms with Gasteiger partial charge in [-0.2, -0.15) is 0 Å². The Morgan fingerprint density at radius 3 is 2.75 bits per heavy atom. The predicted molar refractivity (Wildman–Crippen MR) is 161 cm³/mol. The summed E-state index contributed by atoms with van der Waals surface area (Å²) in [6.07, 6.45) is 11.8. The SMILES string of the molecule is Fc1ccc(CCn2cncc2-c2ccccc2C2CCCN2Sc2cnc(N3CCN4CCCC4C3)s2)cc1. The minimum absolute atomic E-state index is 0.193. The number of piperazine rings is 1. The van der Waals surface area contributed by atoms with Gasteiger partial charge < -0.3 is 9.47 Å². The van der Waals surface area contributed by atoms with Crippen LogP contribution in [0, 0.1) is 5.82 Å². The maximum atomic E-state index is 13.3. The van der Waals surface area contributed by atoms with Crippen molar-refractivity contribution in [3.63, 3.8) is 0 Å².